The summed E-state index contributed by atoms with van der Waals surface area (Å²) >= 11 is 1.73. The van der Waals surface area contributed by atoms with Gasteiger partial charge in [0.25, 0.3) is 5.56 Å². The maximum atomic E-state index is 12.1. The van der Waals surface area contributed by atoms with E-state index in [1.165, 1.54) is 10.5 Å². The Balaban J connectivity index is 1.13. The van der Waals surface area contributed by atoms with Crippen LogP contribution in [0.15, 0.2) is 46.3 Å². The lowest BCUT2D eigenvalue weighted by Crippen LogP contribution is -2.43. The van der Waals surface area contributed by atoms with Gasteiger partial charge in [0.05, 0.1) is 27.8 Å². The Bertz CT molecular complexity index is 1140. The Morgan fingerprint density at radius 3 is 2.97 bits per heavy atom. The Morgan fingerprint density at radius 1 is 1.23 bits per heavy atom. The van der Waals surface area contributed by atoms with Crippen LogP contribution in [0.2, 0.25) is 0 Å². The van der Waals surface area contributed by atoms with Gasteiger partial charge in [0.1, 0.15) is 5.94 Å². The topological polar surface area (TPSA) is 72.3 Å². The molecule has 0 saturated carbocycles. The summed E-state index contributed by atoms with van der Waals surface area (Å²) in [6, 6.07) is 8.12. The molecule has 1 saturated heterocycles. The summed E-state index contributed by atoms with van der Waals surface area (Å²) in [5, 5.41) is 3.68. The normalized spacial score (nSPS) is 17.1. The maximum Gasteiger partial charge on any atom is 0.250 e. The number of thioether (sulfide) groups is 1. The van der Waals surface area contributed by atoms with E-state index in [1.54, 1.807) is 22.4 Å². The number of piperidine rings is 1. The van der Waals surface area contributed by atoms with E-state index < -0.39 is 0 Å². The van der Waals surface area contributed by atoms with Gasteiger partial charge >= 0.3 is 0 Å². The van der Waals surface area contributed by atoms with Crippen LogP contribution < -0.4 is 15.6 Å². The number of rotatable bonds is 6. The number of aromatic nitrogens is 3. The van der Waals surface area contributed by atoms with Crippen molar-refractivity contribution >= 4 is 22.8 Å². The molecule has 162 valence electrons. The van der Waals surface area contributed by atoms with Gasteiger partial charge in [-0.05, 0) is 56.1 Å². The van der Waals surface area contributed by atoms with E-state index in [4.69, 9.17) is 4.74 Å². The zero-order valence-electron chi connectivity index (χ0n) is 17.7. The number of aryl methyl sites for hydroxylation is 1. The number of fused-ring (bicyclic) bond motifs is 2. The summed E-state index contributed by atoms with van der Waals surface area (Å²) in [5.74, 6) is 1.60. The van der Waals surface area contributed by atoms with Crippen molar-refractivity contribution in [3.05, 3.63) is 58.3 Å². The van der Waals surface area contributed by atoms with Crippen LogP contribution in [0.25, 0.3) is 11.0 Å². The summed E-state index contributed by atoms with van der Waals surface area (Å²) in [5.41, 5.74) is 4.12. The first kappa shape index (κ1) is 20.5. The van der Waals surface area contributed by atoms with Gasteiger partial charge in [0.15, 0.2) is 5.75 Å². The largest absolute Gasteiger partial charge is 0.480 e. The third kappa shape index (κ3) is 4.46. The number of hydrogen-bond acceptors (Lipinski definition) is 7. The van der Waals surface area contributed by atoms with Gasteiger partial charge in [-0.2, -0.15) is 0 Å². The summed E-state index contributed by atoms with van der Waals surface area (Å²) < 4.78 is 7.22. The number of ether oxygens (including phenoxy) is 1. The van der Waals surface area contributed by atoms with Crippen molar-refractivity contribution in [1.29, 1.82) is 0 Å². The van der Waals surface area contributed by atoms with Gasteiger partial charge in [-0.3, -0.25) is 14.8 Å². The molecule has 2 aliphatic rings. The lowest BCUT2D eigenvalue weighted by molar-refractivity contribution is 0.199. The van der Waals surface area contributed by atoms with Crippen LogP contribution in [0.4, 0.5) is 0 Å². The van der Waals surface area contributed by atoms with Gasteiger partial charge in [0, 0.05) is 38.4 Å². The second-order valence-electron chi connectivity index (χ2n) is 8.21. The average molecular weight is 438 g/mol. The molecule has 3 aromatic rings. The predicted octanol–water partition coefficient (Wildman–Crippen LogP) is 2.57. The molecule has 0 amide bonds. The molecular formula is C23H27N5O2S. The van der Waals surface area contributed by atoms with E-state index in [2.05, 4.69) is 26.3 Å². The van der Waals surface area contributed by atoms with Crippen molar-refractivity contribution in [2.45, 2.75) is 36.7 Å². The monoisotopic (exact) mass is 437 g/mol. The highest BCUT2D eigenvalue weighted by atomic mass is 32.2. The van der Waals surface area contributed by atoms with E-state index in [0.29, 0.717) is 12.0 Å². The van der Waals surface area contributed by atoms with E-state index in [0.717, 1.165) is 67.9 Å². The van der Waals surface area contributed by atoms with Crippen LogP contribution in [-0.4, -0.2) is 51.0 Å². The van der Waals surface area contributed by atoms with Gasteiger partial charge in [-0.1, -0.05) is 11.8 Å². The van der Waals surface area contributed by atoms with Crippen LogP contribution >= 0.6 is 11.8 Å². The molecule has 0 aliphatic carbocycles. The molecule has 1 fully saturated rings. The highest BCUT2D eigenvalue weighted by Gasteiger charge is 2.20. The first-order valence-electron chi connectivity index (χ1n) is 10.8. The van der Waals surface area contributed by atoms with Crippen LogP contribution in [0.1, 0.15) is 24.1 Å². The quantitative estimate of drug-likeness (QED) is 0.635. The van der Waals surface area contributed by atoms with Gasteiger partial charge in [0.2, 0.25) is 0 Å². The van der Waals surface area contributed by atoms with Crippen molar-refractivity contribution in [3.63, 3.8) is 0 Å². The Morgan fingerprint density at radius 2 is 2.10 bits per heavy atom. The fourth-order valence-electron chi connectivity index (χ4n) is 4.42. The molecular weight excluding hydrogens is 410 g/mol. The molecule has 5 heterocycles. The first-order valence-corrected chi connectivity index (χ1v) is 11.8. The van der Waals surface area contributed by atoms with E-state index in [-0.39, 0.29) is 5.56 Å². The smallest absolute Gasteiger partial charge is 0.250 e. The van der Waals surface area contributed by atoms with Crippen molar-refractivity contribution in [3.8, 4) is 5.75 Å². The molecule has 8 heteroatoms. The van der Waals surface area contributed by atoms with Crippen LogP contribution in [0, 0.1) is 0 Å². The molecule has 0 spiro atoms. The predicted molar refractivity (Wildman–Crippen MR) is 123 cm³/mol. The zero-order valence-corrected chi connectivity index (χ0v) is 18.5. The lowest BCUT2D eigenvalue weighted by Gasteiger charge is -2.32. The molecule has 5 rings (SSSR count). The van der Waals surface area contributed by atoms with Crippen molar-refractivity contribution < 1.29 is 4.74 Å². The van der Waals surface area contributed by atoms with Crippen molar-refractivity contribution in [2.75, 3.05) is 25.6 Å². The van der Waals surface area contributed by atoms with Crippen molar-refractivity contribution in [1.82, 2.24) is 24.8 Å². The number of likely N-dealkylation sites (tertiary alicyclic amines) is 1. The van der Waals surface area contributed by atoms with E-state index >= 15 is 0 Å². The molecule has 3 aromatic heterocycles. The summed E-state index contributed by atoms with van der Waals surface area (Å²) in [7, 11) is 1.83. The summed E-state index contributed by atoms with van der Waals surface area (Å²) in [6.07, 6.45) is 6.88. The maximum absolute atomic E-state index is 12.1. The molecule has 0 atom stereocenters. The van der Waals surface area contributed by atoms with Crippen LogP contribution in [0.3, 0.4) is 0 Å². The molecule has 1 N–H and O–H groups in total. The van der Waals surface area contributed by atoms with E-state index in [1.807, 2.05) is 31.6 Å². The minimum absolute atomic E-state index is 0.0117. The summed E-state index contributed by atoms with van der Waals surface area (Å²) in [4.78, 5) is 24.7. The molecule has 0 radical (unpaired) electrons. The van der Waals surface area contributed by atoms with Crippen molar-refractivity contribution in [2.24, 2.45) is 7.05 Å². The minimum atomic E-state index is 0.0117. The number of hydrogen-bond donors (Lipinski definition) is 1. The lowest BCUT2D eigenvalue weighted by atomic mass is 10.0. The standard InChI is InChI=1S/C23H27N5O2S/c1-27-22(29)3-2-19-23(27)16(4-8-24-19)5-9-28-10-6-17(7-11-28)25-13-18-12-21-20(14-26-18)30-15-31-21/h2-4,8,12,14,17,25H,5-7,9-11,13,15H2,1H3. The Hall–Kier alpha value is -2.42. The second-order valence-corrected chi connectivity index (χ2v) is 9.17. The second kappa shape index (κ2) is 8.98. The highest BCUT2D eigenvalue weighted by molar-refractivity contribution is 7.99. The van der Waals surface area contributed by atoms with Crippen LogP contribution in [-0.2, 0) is 20.0 Å². The molecule has 31 heavy (non-hydrogen) atoms. The fraction of sp³-hybridized carbons (Fsp3) is 0.435. The van der Waals surface area contributed by atoms with Gasteiger partial charge < -0.3 is 19.5 Å². The van der Waals surface area contributed by atoms with Gasteiger partial charge in [-0.15, -0.1) is 0 Å². The van der Waals surface area contributed by atoms with Crippen LogP contribution in [0.5, 0.6) is 5.75 Å². The average Bonchev–Trinajstić information content (AvgIpc) is 3.27. The number of nitrogens with one attached hydrogen (secondary N) is 1. The molecule has 0 bridgehead atoms. The number of nitrogens with zero attached hydrogens (tertiary/aromatic N) is 4. The zero-order chi connectivity index (χ0) is 21.2. The third-order valence-electron chi connectivity index (χ3n) is 6.26. The Kier molecular flexibility index (Phi) is 5.93. The Labute approximate surface area is 185 Å². The first-order chi connectivity index (χ1) is 15.2. The molecule has 0 aromatic carbocycles. The molecule has 2 aliphatic heterocycles. The highest BCUT2D eigenvalue weighted by Crippen LogP contribution is 2.35. The fourth-order valence-corrected chi connectivity index (χ4v) is 5.21. The molecule has 7 nitrogen and oxygen atoms in total. The van der Waals surface area contributed by atoms with Gasteiger partial charge in [-0.25, -0.2) is 0 Å². The SMILES string of the molecule is Cn1c(=O)ccc2nccc(CCN3CCC(NCc4cc5c(cn4)OCS5)CC3)c21. The molecule has 0 unspecified atom stereocenters. The third-order valence-corrected chi connectivity index (χ3v) is 7.13. The van der Waals surface area contributed by atoms with E-state index in [9.17, 15) is 4.79 Å². The summed E-state index contributed by atoms with van der Waals surface area (Å²) in [6.45, 7) is 3.97. The number of pyridine rings is 3. The minimum Gasteiger partial charge on any atom is -0.480 e.